The molecule has 0 aliphatic rings. The number of hydrogen-bond acceptors (Lipinski definition) is 1. The SMILES string of the molecule is CCNC(=NCC(CC)CC)N(C)Cc1cccn1C. The third kappa shape index (κ3) is 4.91. The topological polar surface area (TPSA) is 32.6 Å². The lowest BCUT2D eigenvalue weighted by atomic mass is 10.0. The highest BCUT2D eigenvalue weighted by Gasteiger charge is 2.09. The van der Waals surface area contributed by atoms with Crippen molar-refractivity contribution in [3.8, 4) is 0 Å². The lowest BCUT2D eigenvalue weighted by Gasteiger charge is -2.23. The molecule has 20 heavy (non-hydrogen) atoms. The number of hydrogen-bond donors (Lipinski definition) is 1. The number of nitrogens with zero attached hydrogens (tertiary/aromatic N) is 3. The molecule has 4 nitrogen and oxygen atoms in total. The Balaban J connectivity index is 2.68. The van der Waals surface area contributed by atoms with Crippen LogP contribution in [0.2, 0.25) is 0 Å². The van der Waals surface area contributed by atoms with Crippen LogP contribution in [0, 0.1) is 5.92 Å². The van der Waals surface area contributed by atoms with Crippen molar-refractivity contribution in [3.05, 3.63) is 24.0 Å². The molecule has 0 aliphatic carbocycles. The van der Waals surface area contributed by atoms with E-state index in [0.717, 1.165) is 25.6 Å². The average Bonchev–Trinajstić information content (AvgIpc) is 2.84. The Labute approximate surface area is 123 Å². The van der Waals surface area contributed by atoms with Gasteiger partial charge in [-0.05, 0) is 25.0 Å². The zero-order valence-electron chi connectivity index (χ0n) is 13.7. The van der Waals surface area contributed by atoms with Crippen molar-refractivity contribution in [2.75, 3.05) is 20.1 Å². The summed E-state index contributed by atoms with van der Waals surface area (Å²) < 4.78 is 2.15. The minimum absolute atomic E-state index is 0.687. The van der Waals surface area contributed by atoms with E-state index in [-0.39, 0.29) is 0 Å². The molecule has 0 atom stereocenters. The van der Waals surface area contributed by atoms with Gasteiger partial charge in [0.1, 0.15) is 0 Å². The molecule has 1 rings (SSSR count). The molecule has 114 valence electrons. The number of nitrogens with one attached hydrogen (secondary N) is 1. The fourth-order valence-electron chi connectivity index (χ4n) is 2.21. The van der Waals surface area contributed by atoms with Gasteiger partial charge in [0.25, 0.3) is 0 Å². The Morgan fingerprint density at radius 3 is 2.55 bits per heavy atom. The van der Waals surface area contributed by atoms with E-state index in [4.69, 9.17) is 4.99 Å². The van der Waals surface area contributed by atoms with Crippen molar-refractivity contribution in [1.82, 2.24) is 14.8 Å². The standard InChI is InChI=1S/C16H30N4/c1-6-14(7-2)12-18-16(17-8-3)20(5)13-15-10-9-11-19(15)4/h9-11,14H,6-8,12-13H2,1-5H3,(H,17,18). The number of aliphatic imine (C=N–C) groups is 1. The summed E-state index contributed by atoms with van der Waals surface area (Å²) in [5.74, 6) is 1.69. The molecule has 0 amide bonds. The third-order valence-corrected chi connectivity index (χ3v) is 3.80. The summed E-state index contributed by atoms with van der Waals surface area (Å²) >= 11 is 0. The second kappa shape index (κ2) is 8.67. The molecule has 0 fully saturated rings. The predicted molar refractivity (Wildman–Crippen MR) is 86.9 cm³/mol. The summed E-state index contributed by atoms with van der Waals surface area (Å²) in [6.07, 6.45) is 4.47. The Hall–Kier alpha value is -1.45. The van der Waals surface area contributed by atoms with Crippen LogP contribution in [0.15, 0.2) is 23.3 Å². The molecule has 0 saturated carbocycles. The van der Waals surface area contributed by atoms with Crippen LogP contribution < -0.4 is 5.32 Å². The molecule has 4 heteroatoms. The van der Waals surface area contributed by atoms with Gasteiger partial charge in [0, 0.05) is 39.1 Å². The van der Waals surface area contributed by atoms with Crippen LogP contribution in [0.4, 0.5) is 0 Å². The van der Waals surface area contributed by atoms with Crippen LogP contribution in [-0.2, 0) is 13.6 Å². The maximum absolute atomic E-state index is 4.79. The van der Waals surface area contributed by atoms with Crippen molar-refractivity contribution in [2.45, 2.75) is 40.2 Å². The van der Waals surface area contributed by atoms with E-state index in [1.807, 2.05) is 0 Å². The Bertz CT molecular complexity index is 404. The van der Waals surface area contributed by atoms with E-state index < -0.39 is 0 Å². The average molecular weight is 278 g/mol. The van der Waals surface area contributed by atoms with Crippen LogP contribution in [0.3, 0.4) is 0 Å². The quantitative estimate of drug-likeness (QED) is 0.614. The first-order chi connectivity index (χ1) is 9.62. The van der Waals surface area contributed by atoms with Gasteiger partial charge < -0.3 is 14.8 Å². The normalized spacial score (nSPS) is 12.0. The fraction of sp³-hybridized carbons (Fsp3) is 0.688. The lowest BCUT2D eigenvalue weighted by molar-refractivity contribution is 0.451. The van der Waals surface area contributed by atoms with Gasteiger partial charge in [-0.1, -0.05) is 26.7 Å². The third-order valence-electron chi connectivity index (χ3n) is 3.80. The molecular weight excluding hydrogens is 248 g/mol. The van der Waals surface area contributed by atoms with E-state index in [9.17, 15) is 0 Å². The smallest absolute Gasteiger partial charge is 0.194 e. The number of aromatic nitrogens is 1. The summed E-state index contributed by atoms with van der Waals surface area (Å²) in [6.45, 7) is 9.28. The summed E-state index contributed by atoms with van der Waals surface area (Å²) in [5.41, 5.74) is 1.29. The fourth-order valence-corrected chi connectivity index (χ4v) is 2.21. The summed E-state index contributed by atoms with van der Waals surface area (Å²) in [6, 6.07) is 4.23. The van der Waals surface area contributed by atoms with Gasteiger partial charge in [-0.2, -0.15) is 0 Å². The highest BCUT2D eigenvalue weighted by molar-refractivity contribution is 5.79. The van der Waals surface area contributed by atoms with Gasteiger partial charge in [0.05, 0.1) is 6.54 Å². The molecule has 1 N–H and O–H groups in total. The maximum Gasteiger partial charge on any atom is 0.194 e. The van der Waals surface area contributed by atoms with E-state index in [1.165, 1.54) is 18.5 Å². The van der Waals surface area contributed by atoms with Crippen molar-refractivity contribution in [1.29, 1.82) is 0 Å². The molecule has 1 aromatic rings. The monoisotopic (exact) mass is 278 g/mol. The summed E-state index contributed by atoms with van der Waals surface area (Å²) in [5, 5.41) is 3.38. The predicted octanol–water partition coefficient (Wildman–Crippen LogP) is 2.86. The molecule has 0 bridgehead atoms. The first-order valence-electron chi connectivity index (χ1n) is 7.71. The number of aryl methyl sites for hydroxylation is 1. The van der Waals surface area contributed by atoms with Crippen LogP contribution >= 0.6 is 0 Å². The first kappa shape index (κ1) is 16.6. The summed E-state index contributed by atoms with van der Waals surface area (Å²) in [4.78, 5) is 6.98. The zero-order valence-corrected chi connectivity index (χ0v) is 13.7. The molecule has 0 radical (unpaired) electrons. The van der Waals surface area contributed by atoms with Gasteiger partial charge in [0.2, 0.25) is 0 Å². The minimum Gasteiger partial charge on any atom is -0.357 e. The van der Waals surface area contributed by atoms with Crippen molar-refractivity contribution >= 4 is 5.96 Å². The van der Waals surface area contributed by atoms with Crippen molar-refractivity contribution in [3.63, 3.8) is 0 Å². The molecule has 1 aromatic heterocycles. The Morgan fingerprint density at radius 1 is 1.35 bits per heavy atom. The van der Waals surface area contributed by atoms with Gasteiger partial charge in [-0.15, -0.1) is 0 Å². The van der Waals surface area contributed by atoms with Crippen LogP contribution in [0.25, 0.3) is 0 Å². The van der Waals surface area contributed by atoms with Crippen LogP contribution in [-0.4, -0.2) is 35.6 Å². The molecule has 1 heterocycles. The van der Waals surface area contributed by atoms with Gasteiger partial charge in [0.15, 0.2) is 5.96 Å². The van der Waals surface area contributed by atoms with Crippen LogP contribution in [0.5, 0.6) is 0 Å². The largest absolute Gasteiger partial charge is 0.357 e. The van der Waals surface area contributed by atoms with Crippen molar-refractivity contribution in [2.24, 2.45) is 18.0 Å². The molecule has 0 aromatic carbocycles. The van der Waals surface area contributed by atoms with Crippen molar-refractivity contribution < 1.29 is 0 Å². The molecular formula is C16H30N4. The van der Waals surface area contributed by atoms with E-state index in [0.29, 0.717) is 5.92 Å². The van der Waals surface area contributed by atoms with Crippen LogP contribution in [0.1, 0.15) is 39.3 Å². The lowest BCUT2D eigenvalue weighted by Crippen LogP contribution is -2.39. The van der Waals surface area contributed by atoms with E-state index >= 15 is 0 Å². The second-order valence-electron chi connectivity index (χ2n) is 5.34. The zero-order chi connectivity index (χ0) is 15.0. The molecule has 0 aliphatic heterocycles. The van der Waals surface area contributed by atoms with Gasteiger partial charge in [-0.25, -0.2) is 0 Å². The number of guanidine groups is 1. The highest BCUT2D eigenvalue weighted by Crippen LogP contribution is 2.08. The Kier molecular flexibility index (Phi) is 7.20. The second-order valence-corrected chi connectivity index (χ2v) is 5.34. The summed E-state index contributed by atoms with van der Waals surface area (Å²) in [7, 11) is 4.18. The maximum atomic E-state index is 4.79. The number of rotatable bonds is 7. The van der Waals surface area contributed by atoms with Gasteiger partial charge >= 0.3 is 0 Å². The molecule has 0 saturated heterocycles. The Morgan fingerprint density at radius 2 is 2.05 bits per heavy atom. The molecule has 0 unspecified atom stereocenters. The minimum atomic E-state index is 0.687. The first-order valence-corrected chi connectivity index (χ1v) is 7.71. The highest BCUT2D eigenvalue weighted by atomic mass is 15.3. The van der Waals surface area contributed by atoms with E-state index in [1.54, 1.807) is 0 Å². The van der Waals surface area contributed by atoms with E-state index in [2.05, 4.69) is 68.0 Å². The molecule has 0 spiro atoms. The van der Waals surface area contributed by atoms with Gasteiger partial charge in [-0.3, -0.25) is 4.99 Å².